The van der Waals surface area contributed by atoms with E-state index in [0.29, 0.717) is 6.42 Å². The smallest absolute Gasteiger partial charge is 0.542 e. The van der Waals surface area contributed by atoms with Gasteiger partial charge in [0.1, 0.15) is 0 Å². The summed E-state index contributed by atoms with van der Waals surface area (Å²) in [6, 6.07) is 0. The average Bonchev–Trinajstić information content (AvgIpc) is 2.68. The molecule has 0 spiro atoms. The molecule has 0 amide bonds. The van der Waals surface area contributed by atoms with Gasteiger partial charge in [-0.15, -0.1) is 0 Å². The Morgan fingerprint density at radius 1 is 0.844 bits per heavy atom. The van der Waals surface area contributed by atoms with Gasteiger partial charge in [-0.05, 0) is 25.7 Å². The molecular formula is C22H39NaO8S. The van der Waals surface area contributed by atoms with E-state index in [1.165, 1.54) is 77.0 Å². The molecule has 0 bridgehead atoms. The van der Waals surface area contributed by atoms with Crippen molar-refractivity contribution in [3.63, 3.8) is 0 Å². The summed E-state index contributed by atoms with van der Waals surface area (Å²) in [6.45, 7) is 2.27. The third-order valence-corrected chi connectivity index (χ3v) is 5.62. The van der Waals surface area contributed by atoms with Gasteiger partial charge in [0.25, 0.3) is 10.1 Å². The van der Waals surface area contributed by atoms with Crippen molar-refractivity contribution in [2.45, 2.75) is 108 Å². The van der Waals surface area contributed by atoms with Crippen LogP contribution < -0.4 is 29.6 Å². The summed E-state index contributed by atoms with van der Waals surface area (Å²) in [5.74, 6) is -3.50. The van der Waals surface area contributed by atoms with Gasteiger partial charge in [0.15, 0.2) is 5.25 Å². The third-order valence-electron chi connectivity index (χ3n) is 4.54. The number of allylic oxidation sites excluding steroid dienone is 2. The molecule has 0 rings (SSSR count). The van der Waals surface area contributed by atoms with E-state index >= 15 is 0 Å². The number of hydrogen-bond acceptors (Lipinski definition) is 5. The quantitative estimate of drug-likeness (QED) is 0.0825. The molecule has 0 saturated heterocycles. The van der Waals surface area contributed by atoms with Crippen LogP contribution in [-0.4, -0.2) is 46.7 Å². The monoisotopic (exact) mass is 486 g/mol. The zero-order valence-corrected chi connectivity index (χ0v) is 22.4. The van der Waals surface area contributed by atoms with Gasteiger partial charge in [-0.25, -0.2) is 0 Å². The zero-order chi connectivity index (χ0) is 24.0. The summed E-state index contributed by atoms with van der Waals surface area (Å²) in [4.78, 5) is 30.0. The fourth-order valence-electron chi connectivity index (χ4n) is 2.75. The molecule has 3 N–H and O–H groups in total. The molecule has 0 aromatic rings. The summed E-state index contributed by atoms with van der Waals surface area (Å²) in [5.41, 5.74) is 0. The average molecular weight is 487 g/mol. The van der Waals surface area contributed by atoms with Crippen molar-refractivity contribution in [2.75, 3.05) is 0 Å². The minimum absolute atomic E-state index is 0. The second-order valence-electron chi connectivity index (χ2n) is 7.42. The van der Waals surface area contributed by atoms with Crippen molar-refractivity contribution in [2.24, 2.45) is 0 Å². The molecule has 0 fully saturated rings. The van der Waals surface area contributed by atoms with Gasteiger partial charge >= 0.3 is 41.5 Å². The Labute approximate surface area is 215 Å². The van der Waals surface area contributed by atoms with Crippen LogP contribution in [0.4, 0.5) is 0 Å². The fourth-order valence-corrected chi connectivity index (χ4v) is 3.35. The molecule has 0 aliphatic rings. The van der Waals surface area contributed by atoms with Gasteiger partial charge in [0.05, 0.1) is 6.42 Å². The van der Waals surface area contributed by atoms with Crippen LogP contribution in [0.2, 0.25) is 0 Å². The minimum atomic E-state index is -4.84. The maximum absolute atomic E-state index is 10.2. The first-order valence-electron chi connectivity index (χ1n) is 11.1. The molecule has 0 aromatic carbocycles. The Balaban J connectivity index is -0.000000561. The number of carbonyl (C=O) groups is 2. The van der Waals surface area contributed by atoms with Crippen molar-refractivity contribution in [3.8, 4) is 0 Å². The van der Waals surface area contributed by atoms with Crippen LogP contribution in [0.1, 0.15) is 103 Å². The molecule has 0 aliphatic heterocycles. The normalized spacial score (nSPS) is 11.8. The van der Waals surface area contributed by atoms with E-state index in [4.69, 9.17) is 14.8 Å². The number of hydrogen-bond donors (Lipinski definition) is 3. The van der Waals surface area contributed by atoms with E-state index in [0.717, 1.165) is 6.42 Å². The molecule has 0 saturated carbocycles. The van der Waals surface area contributed by atoms with Crippen molar-refractivity contribution in [3.05, 3.63) is 12.2 Å². The van der Waals surface area contributed by atoms with Crippen LogP contribution in [0.3, 0.4) is 0 Å². The van der Waals surface area contributed by atoms with Gasteiger partial charge in [0, 0.05) is 0 Å². The second-order valence-corrected chi connectivity index (χ2v) is 9.02. The number of aliphatic carboxylic acids is 2. The molecule has 1 atom stereocenters. The van der Waals surface area contributed by atoms with Crippen molar-refractivity contribution >= 4 is 28.3 Å². The van der Waals surface area contributed by atoms with Gasteiger partial charge in [-0.3, -0.25) is 20.4 Å². The summed E-state index contributed by atoms with van der Waals surface area (Å²) in [6.07, 6.45) is 23.1. The van der Waals surface area contributed by atoms with Gasteiger partial charge in [0.2, 0.25) is 0 Å². The van der Waals surface area contributed by atoms with Crippen LogP contribution in [0.25, 0.3) is 0 Å². The first-order chi connectivity index (χ1) is 14.7. The van der Waals surface area contributed by atoms with E-state index < -0.39 is 33.7 Å². The molecule has 0 heterocycles. The molecular weight excluding hydrogens is 447 g/mol. The zero-order valence-electron chi connectivity index (χ0n) is 19.6. The minimum Gasteiger partial charge on any atom is -0.542 e. The molecule has 10 heteroatoms. The Hall–Kier alpha value is -0.740. The van der Waals surface area contributed by atoms with Crippen molar-refractivity contribution < 1.29 is 67.1 Å². The number of carboxylic acids is 2. The predicted molar refractivity (Wildman–Crippen MR) is 120 cm³/mol. The first kappa shape index (κ1) is 35.8. The van der Waals surface area contributed by atoms with E-state index in [-0.39, 0.29) is 29.6 Å². The molecule has 0 aromatic heterocycles. The maximum atomic E-state index is 10.2. The molecule has 32 heavy (non-hydrogen) atoms. The van der Waals surface area contributed by atoms with E-state index in [1.54, 1.807) is 0 Å². The van der Waals surface area contributed by atoms with E-state index in [9.17, 15) is 22.8 Å². The van der Waals surface area contributed by atoms with E-state index in [2.05, 4.69) is 19.1 Å². The van der Waals surface area contributed by atoms with Crippen LogP contribution in [0.5, 0.6) is 0 Å². The molecule has 0 radical (unpaired) electrons. The van der Waals surface area contributed by atoms with Crippen molar-refractivity contribution in [1.29, 1.82) is 0 Å². The Morgan fingerprint density at radius 2 is 1.28 bits per heavy atom. The van der Waals surface area contributed by atoms with Crippen LogP contribution >= 0.6 is 0 Å². The first-order valence-corrected chi connectivity index (χ1v) is 12.6. The Kier molecular flexibility index (Phi) is 27.9. The maximum Gasteiger partial charge on any atom is 1.00 e. The molecule has 1 unspecified atom stereocenters. The largest absolute Gasteiger partial charge is 1.00 e. The SMILES string of the molecule is CCCCCCCCC=CCCCCCCC[C-]=O.O=C(O)CC(C(=O)O)S(=O)(=O)O.[Na+]. The molecule has 182 valence electrons. The Morgan fingerprint density at radius 3 is 1.62 bits per heavy atom. The van der Waals surface area contributed by atoms with E-state index in [1.807, 2.05) is 6.29 Å². The van der Waals surface area contributed by atoms with Gasteiger partial charge in [-0.2, -0.15) is 14.8 Å². The van der Waals surface area contributed by atoms with Gasteiger partial charge < -0.3 is 15.0 Å². The molecule has 0 aliphatic carbocycles. The summed E-state index contributed by atoms with van der Waals surface area (Å²) >= 11 is 0. The summed E-state index contributed by atoms with van der Waals surface area (Å²) < 4.78 is 28.7. The molecule has 8 nitrogen and oxygen atoms in total. The topological polar surface area (TPSA) is 146 Å². The summed E-state index contributed by atoms with van der Waals surface area (Å²) in [5, 5.41) is 13.9. The van der Waals surface area contributed by atoms with Crippen LogP contribution in [0, 0.1) is 0 Å². The number of rotatable bonds is 19. The number of carboxylic acid groups (broad SMARTS) is 2. The van der Waals surface area contributed by atoms with Gasteiger partial charge in [-0.1, -0.05) is 76.9 Å². The predicted octanol–water partition coefficient (Wildman–Crippen LogP) is 1.94. The third kappa shape index (κ3) is 27.3. The number of unbranched alkanes of at least 4 members (excludes halogenated alkanes) is 12. The summed E-state index contributed by atoms with van der Waals surface area (Å²) in [7, 11) is -4.84. The second kappa shape index (κ2) is 24.9. The standard InChI is InChI=1S/C18H33O.C4H6O7S.Na/c1-2-3-4-5-6-7-8-9-10-11-12-13-14-15-16-17-18-19;5-3(6)1-2(4(7)8)12(9,10)11;/h9-10H,2-8,11-17H2,1H3;2H,1H2,(H,5,6)(H,7,8)(H,9,10,11);/q-1;;+1. The van der Waals surface area contributed by atoms with Crippen LogP contribution in [-0.2, 0) is 24.5 Å². The van der Waals surface area contributed by atoms with Crippen LogP contribution in [0.15, 0.2) is 12.2 Å². The number of carbonyl (C=O) groups excluding carboxylic acids is 1. The fraction of sp³-hybridized carbons (Fsp3) is 0.773. The Bertz CT molecular complexity index is 605. The van der Waals surface area contributed by atoms with Crippen molar-refractivity contribution in [1.82, 2.24) is 0 Å².